The fourth-order valence-corrected chi connectivity index (χ4v) is 8.79. The Balaban J connectivity index is 1.36. The Morgan fingerprint density at radius 1 is 1.19 bits per heavy atom. The Bertz CT molecular complexity index is 1750. The minimum absolute atomic E-state index is 0.159. The third kappa shape index (κ3) is 7.75. The van der Waals surface area contributed by atoms with Crippen LogP contribution in [0.1, 0.15) is 17.6 Å². The molecule has 0 bridgehead atoms. The summed E-state index contributed by atoms with van der Waals surface area (Å²) in [6.07, 6.45) is -4.53. The average molecular weight is 768 g/mol. The van der Waals surface area contributed by atoms with Gasteiger partial charge >= 0.3 is 23.5 Å². The number of nitrogens with one attached hydrogen (secondary N) is 2. The lowest BCUT2D eigenvalue weighted by molar-refractivity contribution is -0.171. The molecule has 43 heavy (non-hydrogen) atoms. The topological polar surface area (TPSA) is 263 Å². The molecule has 0 radical (unpaired) electrons. The number of hydrogen-bond acceptors (Lipinski definition) is 14. The number of carbonyl (C=O) groups is 1. The van der Waals surface area contributed by atoms with Gasteiger partial charge in [-0.05, 0) is 39.9 Å². The number of carbonyl (C=O) groups excluding carboxylic acids is 1. The van der Waals surface area contributed by atoms with Crippen molar-refractivity contribution < 1.29 is 65.4 Å². The normalized spacial score (nSPS) is 26.7. The fraction of sp³-hybridized carbons (Fsp3) is 0.444. The number of aromatic amines is 1. The maximum Gasteiger partial charge on any atom is 0.490 e. The van der Waals surface area contributed by atoms with Crippen molar-refractivity contribution in [2.45, 2.75) is 44.3 Å². The van der Waals surface area contributed by atoms with E-state index in [4.69, 9.17) is 40.7 Å². The van der Waals surface area contributed by atoms with Gasteiger partial charge in [0.15, 0.2) is 10.9 Å². The van der Waals surface area contributed by atoms with Crippen LogP contribution >= 0.6 is 63.0 Å². The highest BCUT2D eigenvalue weighted by molar-refractivity contribution is 9.11. The van der Waals surface area contributed by atoms with Crippen molar-refractivity contribution in [3.05, 3.63) is 37.6 Å². The van der Waals surface area contributed by atoms with Gasteiger partial charge in [-0.1, -0.05) is 12.2 Å². The van der Waals surface area contributed by atoms with Gasteiger partial charge in [-0.15, -0.1) is 11.3 Å². The van der Waals surface area contributed by atoms with E-state index in [1.165, 1.54) is 22.2 Å². The number of halogens is 1. The van der Waals surface area contributed by atoms with E-state index in [0.717, 1.165) is 9.35 Å². The summed E-state index contributed by atoms with van der Waals surface area (Å²) in [6.45, 7) is 0.980. The predicted octanol–water partition coefficient (Wildman–Crippen LogP) is 2.29. The number of phosphoric ester groups is 1. The van der Waals surface area contributed by atoms with Crippen LogP contribution < -0.4 is 5.32 Å². The highest BCUT2D eigenvalue weighted by atomic mass is 79.9. The largest absolute Gasteiger partial charge is 0.490 e. The molecule has 25 heteroatoms. The number of hydrogen-bond donors (Lipinski definition) is 6. The van der Waals surface area contributed by atoms with Crippen LogP contribution in [0, 0.1) is 11.6 Å². The molecule has 0 aliphatic carbocycles. The van der Waals surface area contributed by atoms with Crippen LogP contribution in [0.3, 0.4) is 0 Å². The lowest BCUT2D eigenvalue weighted by Gasteiger charge is -2.22. The summed E-state index contributed by atoms with van der Waals surface area (Å²) in [6, 6.07) is 1.81. The second kappa shape index (κ2) is 12.5. The van der Waals surface area contributed by atoms with Gasteiger partial charge in [0, 0.05) is 6.54 Å². The first-order chi connectivity index (χ1) is 20.0. The molecule has 2 aliphatic heterocycles. The van der Waals surface area contributed by atoms with Crippen LogP contribution in [0.25, 0.3) is 11.2 Å². The molecule has 6 N–H and O–H groups in total. The molecular formula is C18H21BrN5O14P3S2. The number of amides is 1. The van der Waals surface area contributed by atoms with Crippen LogP contribution in [0.15, 0.2) is 21.6 Å². The van der Waals surface area contributed by atoms with E-state index in [1.54, 1.807) is 6.92 Å². The molecule has 19 nitrogen and oxygen atoms in total. The molecule has 236 valence electrons. The van der Waals surface area contributed by atoms with E-state index in [0.29, 0.717) is 17.0 Å². The zero-order valence-electron chi connectivity index (χ0n) is 21.3. The molecule has 0 saturated carbocycles. The molecular weight excluding hydrogens is 747 g/mol. The van der Waals surface area contributed by atoms with Crippen molar-refractivity contribution in [2.75, 3.05) is 6.61 Å². The Kier molecular flexibility index (Phi) is 9.60. The first kappa shape index (κ1) is 33.1. The number of imidazole rings is 1. The van der Waals surface area contributed by atoms with E-state index >= 15 is 0 Å². The molecule has 2 fully saturated rings. The monoisotopic (exact) mass is 767 g/mol. The SMILES string of the molecule is Cc1nc(=S)c2ncn(C3OC(COP(=O)(O)OP(=O)(O)OP(=O)(O)O)C4OC(C(=O)NCc5ccsc5Br)OC43)c2[nH]1. The number of thiophene rings is 1. The van der Waals surface area contributed by atoms with Gasteiger partial charge in [0.1, 0.15) is 35.3 Å². The van der Waals surface area contributed by atoms with Crippen molar-refractivity contribution >= 4 is 80.0 Å². The predicted molar refractivity (Wildman–Crippen MR) is 149 cm³/mol. The zero-order valence-corrected chi connectivity index (χ0v) is 27.2. The van der Waals surface area contributed by atoms with E-state index in [2.05, 4.69) is 44.8 Å². The van der Waals surface area contributed by atoms with Crippen LogP contribution in [0.2, 0.25) is 0 Å². The molecule has 0 spiro atoms. The van der Waals surface area contributed by atoms with Gasteiger partial charge in [0.2, 0.25) is 6.29 Å². The first-order valence-electron chi connectivity index (χ1n) is 11.7. The number of H-pyrrole nitrogens is 1. The van der Waals surface area contributed by atoms with Crippen LogP contribution in [0.5, 0.6) is 0 Å². The summed E-state index contributed by atoms with van der Waals surface area (Å²) >= 11 is 10.1. The number of rotatable bonds is 11. The van der Waals surface area contributed by atoms with Crippen molar-refractivity contribution in [1.29, 1.82) is 0 Å². The van der Waals surface area contributed by atoms with Crippen molar-refractivity contribution in [3.63, 3.8) is 0 Å². The molecule has 5 rings (SSSR count). The van der Waals surface area contributed by atoms with E-state index < -0.39 is 66.8 Å². The highest BCUT2D eigenvalue weighted by Crippen LogP contribution is 2.66. The van der Waals surface area contributed by atoms with Crippen LogP contribution in [-0.4, -0.2) is 76.2 Å². The number of aryl methyl sites for hydroxylation is 1. The first-order valence-corrected chi connectivity index (χ1v) is 18.3. The summed E-state index contributed by atoms with van der Waals surface area (Å²) in [5.74, 6) is -0.175. The van der Waals surface area contributed by atoms with Crippen molar-refractivity contribution in [3.8, 4) is 0 Å². The molecule has 3 aromatic rings. The molecule has 0 aromatic carbocycles. The van der Waals surface area contributed by atoms with Gasteiger partial charge in [-0.25, -0.2) is 23.7 Å². The Labute approximate surface area is 258 Å². The average Bonchev–Trinajstić information content (AvgIpc) is 3.63. The second-order valence-electron chi connectivity index (χ2n) is 8.90. The third-order valence-electron chi connectivity index (χ3n) is 5.86. The minimum Gasteiger partial charge on any atom is -0.348 e. The molecule has 2 aliphatic rings. The van der Waals surface area contributed by atoms with Crippen molar-refractivity contribution in [2.24, 2.45) is 0 Å². The standard InChI is InChI=1S/C18H21BrN5O14P3S2/c1-7-22-14-10(16(42)23-7)21-6-24(14)17-12-11(35-18(36-12)15(25)20-4-8-2-3-43-13(8)19)9(34-17)5-33-40(29,30)38-41(31,32)37-39(26,27)28/h2-3,6,9,11-12,17-18H,4-5H2,1H3,(H,20,25)(H,29,30)(H,31,32)(H,22,23,42)(H2,26,27,28). The lowest BCUT2D eigenvalue weighted by Crippen LogP contribution is -2.37. The van der Waals surface area contributed by atoms with E-state index in [1.807, 2.05) is 11.4 Å². The van der Waals surface area contributed by atoms with E-state index in [9.17, 15) is 28.3 Å². The molecule has 2 saturated heterocycles. The summed E-state index contributed by atoms with van der Waals surface area (Å²) in [5.41, 5.74) is 1.52. The smallest absolute Gasteiger partial charge is 0.348 e. The number of nitrogens with zero attached hydrogens (tertiary/aromatic N) is 3. The quantitative estimate of drug-likeness (QED) is 0.121. The Morgan fingerprint density at radius 2 is 1.91 bits per heavy atom. The maximum absolute atomic E-state index is 12.9. The summed E-state index contributed by atoms with van der Waals surface area (Å²) in [4.78, 5) is 61.2. The highest BCUT2D eigenvalue weighted by Gasteiger charge is 2.56. The van der Waals surface area contributed by atoms with Gasteiger partial charge < -0.3 is 44.1 Å². The maximum atomic E-state index is 12.9. The zero-order chi connectivity index (χ0) is 31.3. The third-order valence-corrected chi connectivity index (χ3v) is 11.8. The number of phosphoric acid groups is 3. The molecule has 5 heterocycles. The van der Waals surface area contributed by atoms with Gasteiger partial charge in [-0.3, -0.25) is 13.9 Å². The lowest BCUT2D eigenvalue weighted by atomic mass is 10.1. The minimum atomic E-state index is -5.75. The number of ether oxygens (including phenoxy) is 3. The van der Waals surface area contributed by atoms with Crippen LogP contribution in [-0.2, 0) is 52.4 Å². The summed E-state index contributed by atoms with van der Waals surface area (Å²) in [7, 11) is -16.8. The summed E-state index contributed by atoms with van der Waals surface area (Å²) in [5, 5.41) is 4.53. The molecule has 7 unspecified atom stereocenters. The van der Waals surface area contributed by atoms with Gasteiger partial charge in [-0.2, -0.15) is 8.62 Å². The van der Waals surface area contributed by atoms with Crippen molar-refractivity contribution in [1.82, 2.24) is 24.8 Å². The molecule has 1 amide bonds. The number of fused-ring (bicyclic) bond motifs is 2. The molecule has 7 atom stereocenters. The second-order valence-corrected chi connectivity index (χ2v) is 15.9. The fourth-order valence-electron chi connectivity index (χ4n) is 4.24. The van der Waals surface area contributed by atoms with Crippen LogP contribution in [0.4, 0.5) is 0 Å². The number of aromatic nitrogens is 4. The summed E-state index contributed by atoms with van der Waals surface area (Å²) < 4.78 is 67.4. The molecule has 3 aromatic heterocycles. The van der Waals surface area contributed by atoms with Gasteiger partial charge in [0.25, 0.3) is 5.91 Å². The van der Waals surface area contributed by atoms with E-state index in [-0.39, 0.29) is 11.2 Å². The Morgan fingerprint density at radius 3 is 2.58 bits per heavy atom. The van der Waals surface area contributed by atoms with Gasteiger partial charge in [0.05, 0.1) is 16.7 Å². The Hall–Kier alpha value is -1.29.